The van der Waals surface area contributed by atoms with E-state index in [1.54, 1.807) is 0 Å². The monoisotopic (exact) mass is 138 g/mol. The van der Waals surface area contributed by atoms with E-state index in [0.717, 1.165) is 19.3 Å². The number of aliphatic hydroxyl groups excluding tert-OH is 1. The van der Waals surface area contributed by atoms with Gasteiger partial charge in [0, 0.05) is 0 Å². The first-order chi connectivity index (χ1) is 4.84. The van der Waals surface area contributed by atoms with Gasteiger partial charge in [0.1, 0.15) is 0 Å². The summed E-state index contributed by atoms with van der Waals surface area (Å²) in [4.78, 5) is 0. The minimum atomic E-state index is -0.204. The van der Waals surface area contributed by atoms with Gasteiger partial charge in [0.2, 0.25) is 0 Å². The summed E-state index contributed by atoms with van der Waals surface area (Å²) in [6.45, 7) is 2.00. The van der Waals surface area contributed by atoms with Gasteiger partial charge < -0.3 is 5.11 Å². The lowest BCUT2D eigenvalue weighted by Crippen LogP contribution is -2.08. The highest BCUT2D eigenvalue weighted by Crippen LogP contribution is 2.16. The van der Waals surface area contributed by atoms with Crippen LogP contribution in [0.5, 0.6) is 0 Å². The molecular weight excluding hydrogens is 124 g/mol. The lowest BCUT2D eigenvalue weighted by atomic mass is 9.99. The molecule has 0 bridgehead atoms. The molecule has 1 heteroatoms. The molecule has 0 aliphatic heterocycles. The third-order valence-corrected chi connectivity index (χ3v) is 1.85. The standard InChI is InChI=1S/C9H14O/c1-2-9(10)8-6-4-3-5-7-8/h3-4,7,9-10H,2,5-6H2,1H3. The van der Waals surface area contributed by atoms with Crippen LogP contribution in [0.3, 0.4) is 0 Å². The minimum absolute atomic E-state index is 0.204. The normalized spacial score (nSPS) is 20.4. The van der Waals surface area contributed by atoms with Crippen LogP contribution in [0, 0.1) is 0 Å². The lowest BCUT2D eigenvalue weighted by molar-refractivity contribution is 0.203. The largest absolute Gasteiger partial charge is 0.389 e. The molecule has 1 nitrogen and oxygen atoms in total. The number of hydrogen-bond acceptors (Lipinski definition) is 1. The van der Waals surface area contributed by atoms with E-state index in [1.165, 1.54) is 5.57 Å². The first-order valence-electron chi connectivity index (χ1n) is 3.86. The number of aliphatic hydroxyl groups is 1. The molecule has 1 aliphatic carbocycles. The molecule has 56 valence electrons. The van der Waals surface area contributed by atoms with Crippen molar-refractivity contribution in [1.29, 1.82) is 0 Å². The Balaban J connectivity index is 2.47. The van der Waals surface area contributed by atoms with Crippen LogP contribution in [0.15, 0.2) is 23.8 Å². The van der Waals surface area contributed by atoms with Crippen LogP contribution in [0.2, 0.25) is 0 Å². The molecule has 0 fully saturated rings. The third kappa shape index (κ3) is 1.71. The molecule has 1 N–H and O–H groups in total. The second-order valence-electron chi connectivity index (χ2n) is 2.61. The molecule has 0 heterocycles. The van der Waals surface area contributed by atoms with Gasteiger partial charge in [-0.05, 0) is 24.8 Å². The Labute approximate surface area is 62.1 Å². The second-order valence-corrected chi connectivity index (χ2v) is 2.61. The second kappa shape index (κ2) is 3.57. The van der Waals surface area contributed by atoms with E-state index >= 15 is 0 Å². The van der Waals surface area contributed by atoms with Crippen molar-refractivity contribution in [1.82, 2.24) is 0 Å². The van der Waals surface area contributed by atoms with E-state index in [2.05, 4.69) is 18.2 Å². The van der Waals surface area contributed by atoms with Crippen molar-refractivity contribution in [3.05, 3.63) is 23.8 Å². The highest BCUT2D eigenvalue weighted by molar-refractivity contribution is 5.17. The SMILES string of the molecule is CCC(O)C1=CCC=CC1. The lowest BCUT2D eigenvalue weighted by Gasteiger charge is -2.13. The maximum absolute atomic E-state index is 9.38. The predicted octanol–water partition coefficient (Wildman–Crippen LogP) is 2.03. The molecule has 1 atom stereocenters. The van der Waals surface area contributed by atoms with Gasteiger partial charge >= 0.3 is 0 Å². The molecule has 0 saturated carbocycles. The summed E-state index contributed by atoms with van der Waals surface area (Å²) in [5.41, 5.74) is 1.19. The Morgan fingerprint density at radius 2 is 2.40 bits per heavy atom. The smallest absolute Gasteiger partial charge is 0.0750 e. The Morgan fingerprint density at radius 3 is 2.90 bits per heavy atom. The maximum atomic E-state index is 9.38. The molecule has 0 aromatic heterocycles. The fourth-order valence-corrected chi connectivity index (χ4v) is 1.15. The average molecular weight is 138 g/mol. The van der Waals surface area contributed by atoms with Gasteiger partial charge in [-0.15, -0.1) is 0 Å². The van der Waals surface area contributed by atoms with Crippen LogP contribution in [-0.2, 0) is 0 Å². The van der Waals surface area contributed by atoms with E-state index in [4.69, 9.17) is 0 Å². The van der Waals surface area contributed by atoms with Crippen molar-refractivity contribution in [2.75, 3.05) is 0 Å². The van der Waals surface area contributed by atoms with Gasteiger partial charge in [0.15, 0.2) is 0 Å². The summed E-state index contributed by atoms with van der Waals surface area (Å²) in [7, 11) is 0. The fourth-order valence-electron chi connectivity index (χ4n) is 1.15. The number of allylic oxidation sites excluding steroid dienone is 3. The van der Waals surface area contributed by atoms with E-state index in [9.17, 15) is 5.11 Å². The molecule has 1 rings (SSSR count). The molecule has 0 aromatic rings. The molecule has 1 unspecified atom stereocenters. The average Bonchev–Trinajstić information content (AvgIpc) is 2.05. The van der Waals surface area contributed by atoms with Crippen LogP contribution in [0.1, 0.15) is 26.2 Å². The molecule has 1 aliphatic rings. The van der Waals surface area contributed by atoms with Crippen LogP contribution in [0.4, 0.5) is 0 Å². The first kappa shape index (κ1) is 7.55. The molecule has 0 radical (unpaired) electrons. The maximum Gasteiger partial charge on any atom is 0.0750 e. The molecule has 0 spiro atoms. The van der Waals surface area contributed by atoms with Crippen LogP contribution >= 0.6 is 0 Å². The van der Waals surface area contributed by atoms with Gasteiger partial charge in [0.05, 0.1) is 6.10 Å². The zero-order valence-corrected chi connectivity index (χ0v) is 6.38. The Hall–Kier alpha value is -0.560. The van der Waals surface area contributed by atoms with Crippen LogP contribution in [-0.4, -0.2) is 11.2 Å². The summed E-state index contributed by atoms with van der Waals surface area (Å²) < 4.78 is 0. The molecule has 0 amide bonds. The quantitative estimate of drug-likeness (QED) is 0.579. The van der Waals surface area contributed by atoms with Gasteiger partial charge in [-0.1, -0.05) is 25.2 Å². The fraction of sp³-hybridized carbons (Fsp3) is 0.556. The van der Waals surface area contributed by atoms with Gasteiger partial charge in [-0.3, -0.25) is 0 Å². The Bertz CT molecular complexity index is 156. The summed E-state index contributed by atoms with van der Waals surface area (Å²) in [6.07, 6.45) is 8.93. The van der Waals surface area contributed by atoms with Crippen molar-refractivity contribution in [2.45, 2.75) is 32.3 Å². The van der Waals surface area contributed by atoms with Crippen molar-refractivity contribution in [3.8, 4) is 0 Å². The van der Waals surface area contributed by atoms with Crippen LogP contribution < -0.4 is 0 Å². The summed E-state index contributed by atoms with van der Waals surface area (Å²) >= 11 is 0. The van der Waals surface area contributed by atoms with Crippen molar-refractivity contribution in [3.63, 3.8) is 0 Å². The predicted molar refractivity (Wildman–Crippen MR) is 42.8 cm³/mol. The Morgan fingerprint density at radius 1 is 1.60 bits per heavy atom. The molecular formula is C9H14O. The highest BCUT2D eigenvalue weighted by atomic mass is 16.3. The van der Waals surface area contributed by atoms with E-state index in [1.807, 2.05) is 6.92 Å². The number of hydrogen-bond donors (Lipinski definition) is 1. The highest BCUT2D eigenvalue weighted by Gasteiger charge is 2.07. The third-order valence-electron chi connectivity index (χ3n) is 1.85. The molecule has 0 saturated heterocycles. The zero-order chi connectivity index (χ0) is 7.40. The molecule has 10 heavy (non-hydrogen) atoms. The van der Waals surface area contributed by atoms with Crippen LogP contribution in [0.25, 0.3) is 0 Å². The first-order valence-corrected chi connectivity index (χ1v) is 3.86. The molecule has 0 aromatic carbocycles. The Kier molecular flexibility index (Phi) is 2.69. The van der Waals surface area contributed by atoms with E-state index < -0.39 is 0 Å². The summed E-state index contributed by atoms with van der Waals surface area (Å²) in [5, 5.41) is 9.38. The zero-order valence-electron chi connectivity index (χ0n) is 6.38. The van der Waals surface area contributed by atoms with Gasteiger partial charge in [-0.2, -0.15) is 0 Å². The van der Waals surface area contributed by atoms with Gasteiger partial charge in [0.25, 0.3) is 0 Å². The van der Waals surface area contributed by atoms with Gasteiger partial charge in [-0.25, -0.2) is 0 Å². The summed E-state index contributed by atoms with van der Waals surface area (Å²) in [5.74, 6) is 0. The van der Waals surface area contributed by atoms with Crippen molar-refractivity contribution < 1.29 is 5.11 Å². The minimum Gasteiger partial charge on any atom is -0.389 e. The summed E-state index contributed by atoms with van der Waals surface area (Å²) in [6, 6.07) is 0. The van der Waals surface area contributed by atoms with Crippen molar-refractivity contribution in [2.24, 2.45) is 0 Å². The van der Waals surface area contributed by atoms with Crippen molar-refractivity contribution >= 4 is 0 Å². The van der Waals surface area contributed by atoms with E-state index in [-0.39, 0.29) is 6.10 Å². The number of rotatable bonds is 2. The topological polar surface area (TPSA) is 20.2 Å². The van der Waals surface area contributed by atoms with E-state index in [0.29, 0.717) is 0 Å².